The molecule has 0 aliphatic carbocycles. The van der Waals surface area contributed by atoms with E-state index in [0.29, 0.717) is 25.5 Å². The lowest BCUT2D eigenvalue weighted by atomic mass is 10.3. The van der Waals surface area contributed by atoms with Gasteiger partial charge in [-0.3, -0.25) is 4.90 Å². The minimum Gasteiger partial charge on any atom is -0.305 e. The molecule has 8 heteroatoms. The number of aromatic nitrogens is 3. The molecule has 0 saturated carbocycles. The predicted octanol–water partition coefficient (Wildman–Crippen LogP) is 1.51. The van der Waals surface area contributed by atoms with Crippen molar-refractivity contribution in [2.24, 2.45) is 0 Å². The van der Waals surface area contributed by atoms with Crippen LogP contribution < -0.4 is 0 Å². The second-order valence-corrected chi connectivity index (χ2v) is 4.35. The molecule has 0 atom stereocenters. The van der Waals surface area contributed by atoms with E-state index >= 15 is 0 Å². The van der Waals surface area contributed by atoms with E-state index in [-0.39, 0.29) is 0 Å². The molecule has 0 unspecified atom stereocenters. The van der Waals surface area contributed by atoms with Crippen LogP contribution in [0.2, 0.25) is 0 Å². The molecule has 0 N–H and O–H groups in total. The van der Waals surface area contributed by atoms with Gasteiger partial charge in [0.2, 0.25) is 5.82 Å². The van der Waals surface area contributed by atoms with Crippen molar-refractivity contribution in [2.45, 2.75) is 19.3 Å². The zero-order valence-corrected chi connectivity index (χ0v) is 9.92. The molecule has 4 nitrogen and oxygen atoms in total. The number of nitrogens with zero attached hydrogens (tertiary/aromatic N) is 4. The van der Waals surface area contributed by atoms with E-state index in [2.05, 4.69) is 26.1 Å². The standard InChI is InChI=1S/C8H10BrF3N4/c9-1-2-15-3-4-16-6(5-15)13-14-7(16)8(10,11)12/h1-5H2. The van der Waals surface area contributed by atoms with Crippen molar-refractivity contribution >= 4 is 15.9 Å². The summed E-state index contributed by atoms with van der Waals surface area (Å²) in [5.74, 6) is -0.500. The number of hydrogen-bond donors (Lipinski definition) is 0. The number of hydrogen-bond acceptors (Lipinski definition) is 3. The molecule has 1 aromatic heterocycles. The van der Waals surface area contributed by atoms with E-state index in [1.54, 1.807) is 0 Å². The molecule has 2 rings (SSSR count). The Balaban J connectivity index is 2.20. The monoisotopic (exact) mass is 298 g/mol. The first-order chi connectivity index (χ1) is 7.52. The van der Waals surface area contributed by atoms with Crippen LogP contribution in [-0.2, 0) is 19.3 Å². The average Bonchev–Trinajstić information content (AvgIpc) is 2.60. The van der Waals surface area contributed by atoms with Crippen LogP contribution in [0.4, 0.5) is 13.2 Å². The van der Waals surface area contributed by atoms with Gasteiger partial charge in [0.25, 0.3) is 0 Å². The Morgan fingerprint density at radius 2 is 2.00 bits per heavy atom. The third kappa shape index (κ3) is 2.22. The predicted molar refractivity (Wildman–Crippen MR) is 54.1 cm³/mol. The van der Waals surface area contributed by atoms with Crippen LogP contribution in [0.5, 0.6) is 0 Å². The summed E-state index contributed by atoms with van der Waals surface area (Å²) in [6.07, 6.45) is -4.41. The minimum atomic E-state index is -4.41. The normalized spacial score (nSPS) is 17.5. The van der Waals surface area contributed by atoms with Crippen LogP contribution >= 0.6 is 15.9 Å². The van der Waals surface area contributed by atoms with Gasteiger partial charge >= 0.3 is 6.18 Å². The third-order valence-corrected chi connectivity index (χ3v) is 2.84. The summed E-state index contributed by atoms with van der Waals surface area (Å²) >= 11 is 3.30. The topological polar surface area (TPSA) is 34.0 Å². The Labute approximate surface area is 98.6 Å². The van der Waals surface area contributed by atoms with Crippen molar-refractivity contribution in [3.8, 4) is 0 Å². The van der Waals surface area contributed by atoms with Gasteiger partial charge in [-0.05, 0) is 0 Å². The minimum absolute atomic E-state index is 0.296. The maximum Gasteiger partial charge on any atom is 0.451 e. The van der Waals surface area contributed by atoms with Gasteiger partial charge in [0, 0.05) is 25.0 Å². The summed E-state index contributed by atoms with van der Waals surface area (Å²) in [4.78, 5) is 2.04. The van der Waals surface area contributed by atoms with Crippen LogP contribution in [0.25, 0.3) is 0 Å². The third-order valence-electron chi connectivity index (χ3n) is 2.49. The highest BCUT2D eigenvalue weighted by Crippen LogP contribution is 2.29. The van der Waals surface area contributed by atoms with E-state index in [9.17, 15) is 13.2 Å². The molecule has 0 bridgehead atoms. The SMILES string of the molecule is FC(F)(F)c1nnc2n1CCN(CCBr)C2. The molecule has 16 heavy (non-hydrogen) atoms. The maximum atomic E-state index is 12.5. The van der Waals surface area contributed by atoms with Crippen molar-refractivity contribution in [2.75, 3.05) is 18.4 Å². The molecule has 1 aromatic rings. The van der Waals surface area contributed by atoms with E-state index in [1.165, 1.54) is 0 Å². The highest BCUT2D eigenvalue weighted by molar-refractivity contribution is 9.09. The van der Waals surface area contributed by atoms with E-state index < -0.39 is 12.0 Å². The first-order valence-corrected chi connectivity index (χ1v) is 5.92. The van der Waals surface area contributed by atoms with Gasteiger partial charge in [0.05, 0.1) is 6.54 Å². The number of alkyl halides is 4. The van der Waals surface area contributed by atoms with Crippen LogP contribution in [0.3, 0.4) is 0 Å². The Morgan fingerprint density at radius 3 is 2.62 bits per heavy atom. The average molecular weight is 299 g/mol. The van der Waals surface area contributed by atoms with Gasteiger partial charge in [-0.2, -0.15) is 13.2 Å². The Hall–Kier alpha value is -0.630. The molecule has 0 saturated heterocycles. The van der Waals surface area contributed by atoms with Gasteiger partial charge < -0.3 is 4.57 Å². The van der Waals surface area contributed by atoms with Crippen molar-refractivity contribution in [1.29, 1.82) is 0 Å². The summed E-state index contributed by atoms with van der Waals surface area (Å²) in [6.45, 7) is 2.12. The highest BCUT2D eigenvalue weighted by Gasteiger charge is 2.39. The fourth-order valence-electron chi connectivity index (χ4n) is 1.73. The first kappa shape index (κ1) is 11.8. The molecule has 1 aliphatic heterocycles. The van der Waals surface area contributed by atoms with Crippen LogP contribution in [0.15, 0.2) is 0 Å². The number of rotatable bonds is 2. The fraction of sp³-hybridized carbons (Fsp3) is 0.750. The van der Waals surface area contributed by atoms with E-state index in [4.69, 9.17) is 0 Å². The quantitative estimate of drug-likeness (QED) is 0.776. The number of halogens is 4. The smallest absolute Gasteiger partial charge is 0.305 e. The van der Waals surface area contributed by atoms with Gasteiger partial charge in [0.1, 0.15) is 5.82 Å². The Morgan fingerprint density at radius 1 is 1.25 bits per heavy atom. The summed E-state index contributed by atoms with van der Waals surface area (Å²) < 4.78 is 38.7. The van der Waals surface area contributed by atoms with Crippen molar-refractivity contribution in [3.63, 3.8) is 0 Å². The number of fused-ring (bicyclic) bond motifs is 1. The van der Waals surface area contributed by atoms with Gasteiger partial charge in [-0.15, -0.1) is 10.2 Å². The maximum absolute atomic E-state index is 12.5. The Kier molecular flexibility index (Phi) is 3.20. The van der Waals surface area contributed by atoms with E-state index in [0.717, 1.165) is 16.4 Å². The lowest BCUT2D eigenvalue weighted by Gasteiger charge is -2.27. The van der Waals surface area contributed by atoms with Crippen LogP contribution in [-0.4, -0.2) is 38.1 Å². The molecule has 2 heterocycles. The molecule has 90 valence electrons. The highest BCUT2D eigenvalue weighted by atomic mass is 79.9. The van der Waals surface area contributed by atoms with Gasteiger partial charge in [-0.1, -0.05) is 15.9 Å². The molecule has 0 fully saturated rings. The zero-order chi connectivity index (χ0) is 11.8. The molecule has 0 spiro atoms. The molecule has 0 radical (unpaired) electrons. The Bertz CT molecular complexity index is 376. The fourth-order valence-corrected chi connectivity index (χ4v) is 2.23. The van der Waals surface area contributed by atoms with Gasteiger partial charge in [0.15, 0.2) is 0 Å². The summed E-state index contributed by atoms with van der Waals surface area (Å²) in [5.41, 5.74) is 0. The molecule has 1 aliphatic rings. The van der Waals surface area contributed by atoms with Crippen molar-refractivity contribution in [3.05, 3.63) is 11.6 Å². The first-order valence-electron chi connectivity index (χ1n) is 4.80. The summed E-state index contributed by atoms with van der Waals surface area (Å²) in [7, 11) is 0. The summed E-state index contributed by atoms with van der Waals surface area (Å²) in [6, 6.07) is 0. The second-order valence-electron chi connectivity index (χ2n) is 3.55. The molecular formula is C8H10BrF3N4. The lowest BCUT2D eigenvalue weighted by molar-refractivity contribution is -0.148. The van der Waals surface area contributed by atoms with Crippen molar-refractivity contribution < 1.29 is 13.2 Å². The second kappa shape index (κ2) is 4.33. The molecule has 0 aromatic carbocycles. The molecular weight excluding hydrogens is 289 g/mol. The van der Waals surface area contributed by atoms with E-state index in [1.807, 2.05) is 4.90 Å². The largest absolute Gasteiger partial charge is 0.451 e. The van der Waals surface area contributed by atoms with Crippen LogP contribution in [0, 0.1) is 0 Å². The van der Waals surface area contributed by atoms with Gasteiger partial charge in [-0.25, -0.2) is 0 Å². The zero-order valence-electron chi connectivity index (χ0n) is 8.34. The van der Waals surface area contributed by atoms with Crippen molar-refractivity contribution in [1.82, 2.24) is 19.7 Å². The lowest BCUT2D eigenvalue weighted by Crippen LogP contribution is -2.36. The summed E-state index contributed by atoms with van der Waals surface area (Å²) in [5, 5.41) is 7.60. The molecule has 0 amide bonds. The van der Waals surface area contributed by atoms with Crippen LogP contribution in [0.1, 0.15) is 11.6 Å².